The quantitative estimate of drug-likeness (QED) is 0.161. The number of Topliss-reactive ketones (excluding diaryl/α,β-unsaturated/α-hetero) is 1. The van der Waals surface area contributed by atoms with E-state index in [-0.39, 0.29) is 16.9 Å². The van der Waals surface area contributed by atoms with Crippen LogP contribution >= 0.6 is 0 Å². The number of allylic oxidation sites excluding steroid dienone is 2. The van der Waals surface area contributed by atoms with Gasteiger partial charge in [-0.3, -0.25) is 4.79 Å². The van der Waals surface area contributed by atoms with Crippen molar-refractivity contribution in [2.75, 3.05) is 19.8 Å². The molecule has 0 amide bonds. The second kappa shape index (κ2) is 11.8. The number of carbonyl (C=O) groups excluding carboxylic acids is 2. The van der Waals surface area contributed by atoms with Crippen molar-refractivity contribution < 1.29 is 19.1 Å². The lowest BCUT2D eigenvalue weighted by atomic mass is 10.1. The van der Waals surface area contributed by atoms with E-state index in [0.29, 0.717) is 19.1 Å². The van der Waals surface area contributed by atoms with Crippen LogP contribution in [0.1, 0.15) is 79.6 Å². The van der Waals surface area contributed by atoms with Crippen LogP contribution < -0.4 is 0 Å². The summed E-state index contributed by atoms with van der Waals surface area (Å²) in [7, 11) is 0. The number of hydrogen-bond acceptors (Lipinski definition) is 5. The Morgan fingerprint density at radius 2 is 1.78 bits per heavy atom. The highest BCUT2D eigenvalue weighted by Crippen LogP contribution is 2.29. The number of rotatable bonds is 12. The summed E-state index contributed by atoms with van der Waals surface area (Å²) in [5, 5.41) is 0. The zero-order chi connectivity index (χ0) is 20.3. The van der Waals surface area contributed by atoms with Gasteiger partial charge in [-0.15, -0.1) is 0 Å². The van der Waals surface area contributed by atoms with Gasteiger partial charge in [-0.2, -0.15) is 0 Å². The summed E-state index contributed by atoms with van der Waals surface area (Å²) in [5.41, 5.74) is -0.0251. The van der Waals surface area contributed by atoms with Crippen molar-refractivity contribution in [2.45, 2.75) is 85.1 Å². The summed E-state index contributed by atoms with van der Waals surface area (Å²) in [6.45, 7) is 11.7. The molecule has 0 saturated carbocycles. The zero-order valence-corrected chi connectivity index (χ0v) is 17.8. The standard InChI is InChI=1S/C22H37NO4/c1-6-8-9-10-11-12-16-26-21(25)19(18(3)24)13-14-20-23(15-7-2)22(4,5)17-27-20/h13-14H,6-12,15-17H2,1-5H3/b19-13-,20-14-. The highest BCUT2D eigenvalue weighted by molar-refractivity contribution is 6.16. The molecule has 5 nitrogen and oxygen atoms in total. The van der Waals surface area contributed by atoms with E-state index in [1.54, 1.807) is 6.08 Å². The summed E-state index contributed by atoms with van der Waals surface area (Å²) in [5.74, 6) is -0.143. The third-order valence-electron chi connectivity index (χ3n) is 4.74. The molecule has 0 radical (unpaired) electrons. The van der Waals surface area contributed by atoms with Crippen LogP contribution in [0.3, 0.4) is 0 Å². The molecule has 1 aliphatic heterocycles. The molecule has 154 valence electrons. The Morgan fingerprint density at radius 3 is 2.41 bits per heavy atom. The van der Waals surface area contributed by atoms with Crippen molar-refractivity contribution in [3.8, 4) is 0 Å². The normalized spacial score (nSPS) is 17.9. The van der Waals surface area contributed by atoms with E-state index in [1.165, 1.54) is 32.3 Å². The van der Waals surface area contributed by atoms with Crippen LogP contribution in [-0.4, -0.2) is 41.9 Å². The minimum Gasteiger partial charge on any atom is -0.477 e. The van der Waals surface area contributed by atoms with Crippen molar-refractivity contribution in [1.29, 1.82) is 0 Å². The van der Waals surface area contributed by atoms with Gasteiger partial charge in [0.2, 0.25) is 0 Å². The molecular weight excluding hydrogens is 342 g/mol. The maximum Gasteiger partial charge on any atom is 0.341 e. The maximum absolute atomic E-state index is 12.3. The minimum absolute atomic E-state index is 0.0678. The Kier molecular flexibility index (Phi) is 10.2. The smallest absolute Gasteiger partial charge is 0.341 e. The van der Waals surface area contributed by atoms with Crippen molar-refractivity contribution in [1.82, 2.24) is 4.90 Å². The van der Waals surface area contributed by atoms with E-state index < -0.39 is 5.97 Å². The van der Waals surface area contributed by atoms with Gasteiger partial charge < -0.3 is 14.4 Å². The predicted molar refractivity (Wildman–Crippen MR) is 108 cm³/mol. The molecule has 0 unspecified atom stereocenters. The molecule has 27 heavy (non-hydrogen) atoms. The first-order valence-corrected chi connectivity index (χ1v) is 10.3. The summed E-state index contributed by atoms with van der Waals surface area (Å²) >= 11 is 0. The second-order valence-corrected chi connectivity index (χ2v) is 7.80. The highest BCUT2D eigenvalue weighted by Gasteiger charge is 2.35. The van der Waals surface area contributed by atoms with Gasteiger partial charge in [0.1, 0.15) is 12.2 Å². The molecule has 0 atom stereocenters. The summed E-state index contributed by atoms with van der Waals surface area (Å²) in [6, 6.07) is 0. The topological polar surface area (TPSA) is 55.8 Å². The zero-order valence-electron chi connectivity index (χ0n) is 17.8. The van der Waals surface area contributed by atoms with Crippen molar-refractivity contribution in [2.24, 2.45) is 0 Å². The molecule has 1 saturated heterocycles. The Morgan fingerprint density at radius 1 is 1.11 bits per heavy atom. The molecule has 1 fully saturated rings. The Hall–Kier alpha value is -1.78. The third-order valence-corrected chi connectivity index (χ3v) is 4.74. The molecule has 0 spiro atoms. The van der Waals surface area contributed by atoms with Gasteiger partial charge in [0.15, 0.2) is 11.7 Å². The van der Waals surface area contributed by atoms with Crippen LogP contribution in [0.4, 0.5) is 0 Å². The Labute approximate surface area is 164 Å². The number of carbonyl (C=O) groups is 2. The highest BCUT2D eigenvalue weighted by atomic mass is 16.5. The lowest BCUT2D eigenvalue weighted by Crippen LogP contribution is -2.39. The Bertz CT molecular complexity index is 549. The van der Waals surface area contributed by atoms with Gasteiger partial charge in [0.05, 0.1) is 12.1 Å². The van der Waals surface area contributed by atoms with Crippen LogP contribution in [0.25, 0.3) is 0 Å². The molecule has 0 bridgehead atoms. The third kappa shape index (κ3) is 7.77. The molecule has 1 rings (SSSR count). The molecule has 0 aromatic heterocycles. The lowest BCUT2D eigenvalue weighted by Gasteiger charge is -2.30. The number of ketones is 1. The SMILES string of the molecule is CCCCCCCCOC(=O)/C(=C\C=C1/OCC(C)(C)N1CCC)C(C)=O. The van der Waals surface area contributed by atoms with Gasteiger partial charge in [0, 0.05) is 6.54 Å². The minimum atomic E-state index is -0.549. The first-order chi connectivity index (χ1) is 12.8. The van der Waals surface area contributed by atoms with Gasteiger partial charge in [-0.25, -0.2) is 4.79 Å². The van der Waals surface area contributed by atoms with Gasteiger partial charge in [0.25, 0.3) is 0 Å². The molecule has 0 aromatic carbocycles. The molecule has 1 heterocycles. The fraction of sp³-hybridized carbons (Fsp3) is 0.727. The van der Waals surface area contributed by atoms with Crippen LogP contribution in [-0.2, 0) is 19.1 Å². The van der Waals surface area contributed by atoms with E-state index in [0.717, 1.165) is 32.2 Å². The first kappa shape index (κ1) is 23.3. The second-order valence-electron chi connectivity index (χ2n) is 7.80. The van der Waals surface area contributed by atoms with Crippen LogP contribution in [0.5, 0.6) is 0 Å². The largest absolute Gasteiger partial charge is 0.477 e. The van der Waals surface area contributed by atoms with Gasteiger partial charge in [-0.1, -0.05) is 46.0 Å². The van der Waals surface area contributed by atoms with Crippen molar-refractivity contribution >= 4 is 11.8 Å². The predicted octanol–water partition coefficient (Wildman–Crippen LogP) is 4.77. The monoisotopic (exact) mass is 379 g/mol. The number of unbranched alkanes of at least 4 members (excludes halogenated alkanes) is 5. The number of hydrogen-bond donors (Lipinski definition) is 0. The summed E-state index contributed by atoms with van der Waals surface area (Å²) in [4.78, 5) is 26.3. The van der Waals surface area contributed by atoms with Gasteiger partial charge >= 0.3 is 5.97 Å². The summed E-state index contributed by atoms with van der Waals surface area (Å²) < 4.78 is 11.1. The number of esters is 1. The van der Waals surface area contributed by atoms with E-state index in [1.807, 2.05) is 0 Å². The number of ether oxygens (including phenoxy) is 2. The lowest BCUT2D eigenvalue weighted by molar-refractivity contribution is -0.140. The fourth-order valence-corrected chi connectivity index (χ4v) is 3.09. The summed E-state index contributed by atoms with van der Waals surface area (Å²) in [6.07, 6.45) is 11.0. The van der Waals surface area contributed by atoms with Crippen molar-refractivity contribution in [3.63, 3.8) is 0 Å². The molecule has 0 aliphatic carbocycles. The van der Waals surface area contributed by atoms with Crippen LogP contribution in [0.15, 0.2) is 23.6 Å². The van der Waals surface area contributed by atoms with E-state index in [9.17, 15) is 9.59 Å². The van der Waals surface area contributed by atoms with E-state index in [2.05, 4.69) is 32.6 Å². The molecule has 0 aromatic rings. The average molecular weight is 380 g/mol. The fourth-order valence-electron chi connectivity index (χ4n) is 3.09. The van der Waals surface area contributed by atoms with E-state index in [4.69, 9.17) is 9.47 Å². The molecule has 1 aliphatic rings. The number of nitrogens with zero attached hydrogens (tertiary/aromatic N) is 1. The molecular formula is C22H37NO4. The first-order valence-electron chi connectivity index (χ1n) is 10.3. The van der Waals surface area contributed by atoms with Crippen LogP contribution in [0, 0.1) is 0 Å². The van der Waals surface area contributed by atoms with E-state index >= 15 is 0 Å². The van der Waals surface area contributed by atoms with Crippen LogP contribution in [0.2, 0.25) is 0 Å². The maximum atomic E-state index is 12.3. The Balaban J connectivity index is 2.63. The molecule has 0 N–H and O–H groups in total. The average Bonchev–Trinajstić information content (AvgIpc) is 2.89. The molecule has 5 heteroatoms. The van der Waals surface area contributed by atoms with Gasteiger partial charge in [-0.05, 0) is 45.8 Å². The van der Waals surface area contributed by atoms with Crippen molar-refractivity contribution in [3.05, 3.63) is 23.6 Å².